The molecule has 0 saturated carbocycles. The van der Waals surface area contributed by atoms with E-state index in [-0.39, 0.29) is 26.7 Å². The molecule has 0 heterocycles. The summed E-state index contributed by atoms with van der Waals surface area (Å²) in [5, 5.41) is 3.44. The third-order valence-electron chi connectivity index (χ3n) is 5.65. The van der Waals surface area contributed by atoms with Crippen molar-refractivity contribution in [2.45, 2.75) is 38.1 Å². The molecule has 0 aromatic heterocycles. The smallest absolute Gasteiger partial charge is 0.264 e. The van der Waals surface area contributed by atoms with Crippen LogP contribution in [-0.4, -0.2) is 28.0 Å². The van der Waals surface area contributed by atoms with Crippen molar-refractivity contribution in [2.75, 3.05) is 18.0 Å². The zero-order chi connectivity index (χ0) is 25.8. The van der Waals surface area contributed by atoms with Crippen molar-refractivity contribution >= 4 is 44.8 Å². The van der Waals surface area contributed by atoms with Crippen LogP contribution >= 0.6 is 23.2 Å². The average molecular weight is 535 g/mol. The maximum Gasteiger partial charge on any atom is 0.264 e. The standard InChI is InChI=1S/C26H28Cl2N2O4S/c1-5-24(19-8-13-25(34-4)18(3)14-19)29-26(31)16-30(20-9-12-22(27)23(28)15-20)35(32,33)21-10-6-17(2)7-11-21/h6-15,24H,5,16H2,1-4H3,(H,29,31)/t24-/m1/s1. The number of carbonyl (C=O) groups excluding carboxylic acids is 1. The SMILES string of the molecule is CC[C@@H](NC(=O)CN(c1ccc(Cl)c(Cl)c1)S(=O)(=O)c1ccc(C)cc1)c1ccc(OC)c(C)c1. The van der Waals surface area contributed by atoms with E-state index in [1.807, 2.05) is 39.0 Å². The van der Waals surface area contributed by atoms with Crippen molar-refractivity contribution in [3.8, 4) is 5.75 Å². The van der Waals surface area contributed by atoms with Gasteiger partial charge in [0.15, 0.2) is 0 Å². The number of carbonyl (C=O) groups is 1. The van der Waals surface area contributed by atoms with E-state index < -0.39 is 22.5 Å². The van der Waals surface area contributed by atoms with Crippen LogP contribution in [0.3, 0.4) is 0 Å². The topological polar surface area (TPSA) is 75.7 Å². The minimum atomic E-state index is -4.06. The van der Waals surface area contributed by atoms with E-state index in [0.717, 1.165) is 26.7 Å². The fourth-order valence-electron chi connectivity index (χ4n) is 3.70. The maximum atomic E-state index is 13.6. The number of methoxy groups -OCH3 is 1. The minimum Gasteiger partial charge on any atom is -0.496 e. The van der Waals surface area contributed by atoms with Gasteiger partial charge in [-0.05, 0) is 67.8 Å². The number of rotatable bonds is 9. The van der Waals surface area contributed by atoms with Gasteiger partial charge in [0.05, 0.1) is 33.8 Å². The second-order valence-corrected chi connectivity index (χ2v) is 10.9. The van der Waals surface area contributed by atoms with E-state index >= 15 is 0 Å². The second-order valence-electron chi connectivity index (χ2n) is 8.18. The molecule has 35 heavy (non-hydrogen) atoms. The molecule has 0 fully saturated rings. The van der Waals surface area contributed by atoms with Crippen LogP contribution in [0.15, 0.2) is 65.6 Å². The molecular formula is C26H28Cl2N2O4S. The summed E-state index contributed by atoms with van der Waals surface area (Å²) in [6, 6.07) is 16.3. The van der Waals surface area contributed by atoms with Gasteiger partial charge in [0.2, 0.25) is 5.91 Å². The highest BCUT2D eigenvalue weighted by molar-refractivity contribution is 7.92. The van der Waals surface area contributed by atoms with E-state index in [2.05, 4.69) is 5.32 Å². The van der Waals surface area contributed by atoms with Crippen molar-refractivity contribution in [3.05, 3.63) is 87.4 Å². The molecule has 3 rings (SSSR count). The van der Waals surface area contributed by atoms with Gasteiger partial charge in [0, 0.05) is 0 Å². The Morgan fingerprint density at radius 2 is 1.69 bits per heavy atom. The molecule has 6 nitrogen and oxygen atoms in total. The Balaban J connectivity index is 1.93. The predicted molar refractivity (Wildman–Crippen MR) is 141 cm³/mol. The van der Waals surface area contributed by atoms with Gasteiger partial charge < -0.3 is 10.1 Å². The lowest BCUT2D eigenvalue weighted by Crippen LogP contribution is -2.42. The summed E-state index contributed by atoms with van der Waals surface area (Å²) in [5.41, 5.74) is 3.01. The van der Waals surface area contributed by atoms with Gasteiger partial charge in [0.1, 0.15) is 12.3 Å². The lowest BCUT2D eigenvalue weighted by Gasteiger charge is -2.26. The van der Waals surface area contributed by atoms with Crippen molar-refractivity contribution in [3.63, 3.8) is 0 Å². The lowest BCUT2D eigenvalue weighted by molar-refractivity contribution is -0.120. The zero-order valence-electron chi connectivity index (χ0n) is 20.0. The molecule has 0 saturated heterocycles. The molecular weight excluding hydrogens is 507 g/mol. The highest BCUT2D eigenvalue weighted by Crippen LogP contribution is 2.31. The zero-order valence-corrected chi connectivity index (χ0v) is 22.3. The third-order valence-corrected chi connectivity index (χ3v) is 8.18. The number of aryl methyl sites for hydroxylation is 2. The van der Waals surface area contributed by atoms with Gasteiger partial charge in [-0.1, -0.05) is 60.0 Å². The Hall–Kier alpha value is -2.74. The largest absolute Gasteiger partial charge is 0.496 e. The molecule has 1 N–H and O–H groups in total. The van der Waals surface area contributed by atoms with Crippen LogP contribution in [0.1, 0.15) is 36.1 Å². The first-order valence-electron chi connectivity index (χ1n) is 11.0. The Kier molecular flexibility index (Phi) is 8.70. The average Bonchev–Trinajstić information content (AvgIpc) is 2.83. The molecule has 3 aromatic rings. The number of benzene rings is 3. The molecule has 9 heteroatoms. The Morgan fingerprint density at radius 1 is 1.00 bits per heavy atom. The van der Waals surface area contributed by atoms with Gasteiger partial charge in [0.25, 0.3) is 10.0 Å². The Bertz CT molecular complexity index is 1310. The molecule has 0 aliphatic carbocycles. The first kappa shape index (κ1) is 26.9. The summed E-state index contributed by atoms with van der Waals surface area (Å²) in [5.74, 6) is 0.303. The normalized spacial score (nSPS) is 12.2. The predicted octanol–water partition coefficient (Wildman–Crippen LogP) is 6.08. The van der Waals surface area contributed by atoms with Gasteiger partial charge in [-0.3, -0.25) is 9.10 Å². The summed E-state index contributed by atoms with van der Waals surface area (Å²) in [6.45, 7) is 5.31. The molecule has 0 aliphatic heterocycles. The number of hydrogen-bond donors (Lipinski definition) is 1. The second kappa shape index (κ2) is 11.3. The first-order chi connectivity index (χ1) is 16.6. The summed E-state index contributed by atoms with van der Waals surface area (Å²) in [6.07, 6.45) is 0.620. The van der Waals surface area contributed by atoms with Crippen LogP contribution in [0.4, 0.5) is 5.69 Å². The van der Waals surface area contributed by atoms with Crippen LogP contribution in [0, 0.1) is 13.8 Å². The number of nitrogens with one attached hydrogen (secondary N) is 1. The van der Waals surface area contributed by atoms with Gasteiger partial charge in [-0.15, -0.1) is 0 Å². The highest BCUT2D eigenvalue weighted by Gasteiger charge is 2.28. The molecule has 0 aliphatic rings. The number of hydrogen-bond acceptors (Lipinski definition) is 4. The van der Waals surface area contributed by atoms with Crippen LogP contribution in [0.25, 0.3) is 0 Å². The van der Waals surface area contributed by atoms with E-state index in [1.165, 1.54) is 30.3 Å². The van der Waals surface area contributed by atoms with Crippen molar-refractivity contribution in [1.29, 1.82) is 0 Å². The van der Waals surface area contributed by atoms with E-state index in [4.69, 9.17) is 27.9 Å². The molecule has 0 unspecified atom stereocenters. The molecule has 0 radical (unpaired) electrons. The summed E-state index contributed by atoms with van der Waals surface area (Å²) in [7, 11) is -2.46. The Morgan fingerprint density at radius 3 is 2.26 bits per heavy atom. The minimum absolute atomic E-state index is 0.0693. The van der Waals surface area contributed by atoms with E-state index in [1.54, 1.807) is 19.2 Å². The van der Waals surface area contributed by atoms with Gasteiger partial charge in [-0.25, -0.2) is 8.42 Å². The fourth-order valence-corrected chi connectivity index (χ4v) is 5.41. The molecule has 1 amide bonds. The summed E-state index contributed by atoms with van der Waals surface area (Å²) >= 11 is 12.2. The monoisotopic (exact) mass is 534 g/mol. The molecule has 0 bridgehead atoms. The number of nitrogens with zero attached hydrogens (tertiary/aromatic N) is 1. The molecule has 3 aromatic carbocycles. The maximum absolute atomic E-state index is 13.6. The summed E-state index contributed by atoms with van der Waals surface area (Å²) in [4.78, 5) is 13.2. The number of sulfonamides is 1. The lowest BCUT2D eigenvalue weighted by atomic mass is 10.0. The van der Waals surface area contributed by atoms with Crippen LogP contribution in [0.5, 0.6) is 5.75 Å². The van der Waals surface area contributed by atoms with Crippen molar-refractivity contribution < 1.29 is 17.9 Å². The van der Waals surface area contributed by atoms with Crippen LogP contribution in [0.2, 0.25) is 10.0 Å². The first-order valence-corrected chi connectivity index (χ1v) is 13.2. The van der Waals surface area contributed by atoms with Gasteiger partial charge >= 0.3 is 0 Å². The van der Waals surface area contributed by atoms with E-state index in [0.29, 0.717) is 6.42 Å². The van der Waals surface area contributed by atoms with Crippen LogP contribution < -0.4 is 14.4 Å². The van der Waals surface area contributed by atoms with Crippen molar-refractivity contribution in [2.24, 2.45) is 0 Å². The Labute approximate surface area is 216 Å². The quantitative estimate of drug-likeness (QED) is 0.360. The fraction of sp³-hybridized carbons (Fsp3) is 0.269. The third kappa shape index (κ3) is 6.28. The van der Waals surface area contributed by atoms with Crippen molar-refractivity contribution in [1.82, 2.24) is 5.32 Å². The molecule has 0 spiro atoms. The summed E-state index contributed by atoms with van der Waals surface area (Å²) < 4.78 is 33.5. The van der Waals surface area contributed by atoms with E-state index in [9.17, 15) is 13.2 Å². The van der Waals surface area contributed by atoms with Gasteiger partial charge in [-0.2, -0.15) is 0 Å². The highest BCUT2D eigenvalue weighted by atomic mass is 35.5. The number of amides is 1. The molecule has 1 atom stereocenters. The number of halogens is 2. The number of anilines is 1. The number of ether oxygens (including phenoxy) is 1. The molecule has 186 valence electrons. The van der Waals surface area contributed by atoms with Crippen LogP contribution in [-0.2, 0) is 14.8 Å².